The molecule has 0 unspecified atom stereocenters. The van der Waals surface area contributed by atoms with Crippen molar-refractivity contribution >= 4 is 11.6 Å². The molecule has 2 rings (SSSR count). The predicted octanol–water partition coefficient (Wildman–Crippen LogP) is 3.31. The maximum atomic E-state index is 13.4. The summed E-state index contributed by atoms with van der Waals surface area (Å²) in [5.74, 6) is -8.56. The van der Waals surface area contributed by atoms with Gasteiger partial charge < -0.3 is 0 Å². The highest BCUT2D eigenvalue weighted by molar-refractivity contribution is 6.49. The molecule has 0 radical (unpaired) electrons. The minimum absolute atomic E-state index is 0.763. The lowest BCUT2D eigenvalue weighted by molar-refractivity contribution is 0.0811. The van der Waals surface area contributed by atoms with Crippen LogP contribution in [0.4, 0.5) is 17.6 Å². The van der Waals surface area contributed by atoms with E-state index in [0.717, 1.165) is 36.4 Å². The van der Waals surface area contributed by atoms with Gasteiger partial charge in [-0.2, -0.15) is 0 Å². The summed E-state index contributed by atoms with van der Waals surface area (Å²) in [6.07, 6.45) is 0. The van der Waals surface area contributed by atoms with Crippen molar-refractivity contribution in [3.63, 3.8) is 0 Å². The lowest BCUT2D eigenvalue weighted by Crippen LogP contribution is -2.18. The average Bonchev–Trinajstić information content (AvgIpc) is 2.43. The van der Waals surface area contributed by atoms with Crippen molar-refractivity contribution in [3.05, 3.63) is 70.8 Å². The molecule has 0 spiro atoms. The number of ketones is 2. The summed E-state index contributed by atoms with van der Waals surface area (Å²) in [4.78, 5) is 23.5. The normalized spacial score (nSPS) is 10.4. The van der Waals surface area contributed by atoms with Crippen LogP contribution in [0.2, 0.25) is 0 Å². The Bertz CT molecular complexity index is 649. The van der Waals surface area contributed by atoms with Crippen LogP contribution < -0.4 is 0 Å². The van der Waals surface area contributed by atoms with Crippen LogP contribution in [0.25, 0.3) is 0 Å². The van der Waals surface area contributed by atoms with Gasteiger partial charge in [0.2, 0.25) is 11.6 Å². The van der Waals surface area contributed by atoms with E-state index >= 15 is 0 Å². The second kappa shape index (κ2) is 5.24. The number of Topliss-reactive ketones (excluding diaryl/α,β-unsaturated/α-hetero) is 2. The molecule has 0 aliphatic rings. The summed E-state index contributed by atoms with van der Waals surface area (Å²) in [7, 11) is 0. The molecular formula is C14H6F4O2. The van der Waals surface area contributed by atoms with Crippen molar-refractivity contribution < 1.29 is 27.2 Å². The fraction of sp³-hybridized carbons (Fsp3) is 0. The van der Waals surface area contributed by atoms with Crippen LogP contribution in [-0.4, -0.2) is 11.6 Å². The van der Waals surface area contributed by atoms with Gasteiger partial charge in [0.15, 0.2) is 23.3 Å². The number of rotatable bonds is 3. The monoisotopic (exact) mass is 282 g/mol. The van der Waals surface area contributed by atoms with Crippen molar-refractivity contribution in [1.82, 2.24) is 0 Å². The molecule has 6 heteroatoms. The van der Waals surface area contributed by atoms with Gasteiger partial charge in [-0.25, -0.2) is 17.6 Å². The van der Waals surface area contributed by atoms with Crippen LogP contribution >= 0.6 is 0 Å². The van der Waals surface area contributed by atoms with Gasteiger partial charge in [0.1, 0.15) is 0 Å². The Morgan fingerprint density at radius 1 is 0.650 bits per heavy atom. The number of halogens is 4. The molecule has 0 fully saturated rings. The molecule has 2 nitrogen and oxygen atoms in total. The average molecular weight is 282 g/mol. The Labute approximate surface area is 110 Å². The standard InChI is InChI=1S/C14H6F4O2/c15-9-5-1-3-7(11(9)17)13(19)14(20)8-4-2-6-10(16)12(8)18/h1-6H. The molecule has 2 aromatic carbocycles. The molecule has 0 aliphatic carbocycles. The first-order valence-electron chi connectivity index (χ1n) is 5.40. The molecule has 0 N–H and O–H groups in total. The van der Waals surface area contributed by atoms with E-state index in [-0.39, 0.29) is 0 Å². The third-order valence-electron chi connectivity index (χ3n) is 2.60. The molecule has 0 bridgehead atoms. The van der Waals surface area contributed by atoms with E-state index < -0.39 is 46.0 Å². The Morgan fingerprint density at radius 2 is 1.00 bits per heavy atom. The minimum Gasteiger partial charge on any atom is -0.285 e. The van der Waals surface area contributed by atoms with Gasteiger partial charge in [0.05, 0.1) is 11.1 Å². The third-order valence-corrected chi connectivity index (χ3v) is 2.60. The number of benzene rings is 2. The lowest BCUT2D eigenvalue weighted by atomic mass is 10.0. The lowest BCUT2D eigenvalue weighted by Gasteiger charge is -2.04. The Hall–Kier alpha value is -2.50. The molecule has 102 valence electrons. The predicted molar refractivity (Wildman–Crippen MR) is 61.4 cm³/mol. The van der Waals surface area contributed by atoms with Crippen LogP contribution in [0.3, 0.4) is 0 Å². The second-order valence-electron chi connectivity index (χ2n) is 3.86. The first-order chi connectivity index (χ1) is 9.43. The zero-order valence-corrected chi connectivity index (χ0v) is 9.79. The van der Waals surface area contributed by atoms with Gasteiger partial charge in [-0.1, -0.05) is 12.1 Å². The van der Waals surface area contributed by atoms with Crippen molar-refractivity contribution in [2.45, 2.75) is 0 Å². The second-order valence-corrected chi connectivity index (χ2v) is 3.86. The van der Waals surface area contributed by atoms with Gasteiger partial charge in [-0.05, 0) is 24.3 Å². The first kappa shape index (κ1) is 13.9. The van der Waals surface area contributed by atoms with Gasteiger partial charge in [-0.15, -0.1) is 0 Å². The fourth-order valence-corrected chi connectivity index (χ4v) is 1.60. The number of carbonyl (C=O) groups excluding carboxylic acids is 2. The Balaban J connectivity index is 2.46. The first-order valence-corrected chi connectivity index (χ1v) is 5.40. The maximum Gasteiger partial charge on any atom is 0.236 e. The number of hydrogen-bond acceptors (Lipinski definition) is 2. The molecule has 0 saturated heterocycles. The quantitative estimate of drug-likeness (QED) is 0.491. The van der Waals surface area contributed by atoms with Crippen LogP contribution in [0.15, 0.2) is 36.4 Å². The van der Waals surface area contributed by atoms with Crippen molar-refractivity contribution in [3.8, 4) is 0 Å². The zero-order valence-electron chi connectivity index (χ0n) is 9.79. The summed E-state index contributed by atoms with van der Waals surface area (Å²) < 4.78 is 52.7. The van der Waals surface area contributed by atoms with Crippen LogP contribution in [0, 0.1) is 23.3 Å². The number of hydrogen-bond donors (Lipinski definition) is 0. The molecule has 0 heterocycles. The summed E-state index contributed by atoms with van der Waals surface area (Å²) in [5, 5.41) is 0. The summed E-state index contributed by atoms with van der Waals surface area (Å²) in [5.41, 5.74) is -1.67. The topological polar surface area (TPSA) is 34.1 Å². The summed E-state index contributed by atoms with van der Waals surface area (Å²) in [6.45, 7) is 0. The summed E-state index contributed by atoms with van der Waals surface area (Å²) >= 11 is 0. The van der Waals surface area contributed by atoms with Gasteiger partial charge in [0, 0.05) is 0 Å². The molecular weight excluding hydrogens is 276 g/mol. The highest BCUT2D eigenvalue weighted by atomic mass is 19.2. The largest absolute Gasteiger partial charge is 0.285 e. The summed E-state index contributed by atoms with van der Waals surface area (Å²) in [6, 6.07) is 5.35. The zero-order chi connectivity index (χ0) is 14.9. The highest BCUT2D eigenvalue weighted by Gasteiger charge is 2.26. The maximum absolute atomic E-state index is 13.4. The van der Waals surface area contributed by atoms with Crippen molar-refractivity contribution in [2.24, 2.45) is 0 Å². The van der Waals surface area contributed by atoms with Crippen LogP contribution in [0.5, 0.6) is 0 Å². The van der Waals surface area contributed by atoms with Crippen LogP contribution in [0.1, 0.15) is 20.7 Å². The van der Waals surface area contributed by atoms with E-state index in [4.69, 9.17) is 0 Å². The Kier molecular flexibility index (Phi) is 3.65. The highest BCUT2D eigenvalue weighted by Crippen LogP contribution is 2.17. The van der Waals surface area contributed by atoms with Gasteiger partial charge >= 0.3 is 0 Å². The third kappa shape index (κ3) is 2.32. The van der Waals surface area contributed by atoms with E-state index in [1.54, 1.807) is 0 Å². The molecule has 2 aromatic rings. The van der Waals surface area contributed by atoms with Crippen molar-refractivity contribution in [2.75, 3.05) is 0 Å². The van der Waals surface area contributed by atoms with Gasteiger partial charge in [0.25, 0.3) is 0 Å². The minimum atomic E-state index is -1.51. The molecule has 0 aromatic heterocycles. The molecule has 20 heavy (non-hydrogen) atoms. The Morgan fingerprint density at radius 3 is 1.35 bits per heavy atom. The SMILES string of the molecule is O=C(C(=O)c1cccc(F)c1F)c1cccc(F)c1F. The van der Waals surface area contributed by atoms with E-state index in [1.165, 1.54) is 0 Å². The molecule has 0 saturated carbocycles. The molecule has 0 aliphatic heterocycles. The number of carbonyl (C=O) groups is 2. The van der Waals surface area contributed by atoms with Gasteiger partial charge in [-0.3, -0.25) is 9.59 Å². The van der Waals surface area contributed by atoms with Crippen LogP contribution in [-0.2, 0) is 0 Å². The van der Waals surface area contributed by atoms with Crippen molar-refractivity contribution in [1.29, 1.82) is 0 Å². The fourth-order valence-electron chi connectivity index (χ4n) is 1.60. The van der Waals surface area contributed by atoms with E-state index in [1.807, 2.05) is 0 Å². The molecule has 0 amide bonds. The molecule has 0 atom stereocenters. The van der Waals surface area contributed by atoms with E-state index in [9.17, 15) is 27.2 Å². The van der Waals surface area contributed by atoms with E-state index in [0.29, 0.717) is 0 Å². The smallest absolute Gasteiger partial charge is 0.236 e. The van der Waals surface area contributed by atoms with E-state index in [2.05, 4.69) is 0 Å².